The molecule has 25 heavy (non-hydrogen) atoms. The van der Waals surface area contributed by atoms with Crippen molar-refractivity contribution in [1.29, 1.82) is 5.26 Å². The molecule has 1 aliphatic heterocycles. The molecule has 0 radical (unpaired) electrons. The van der Waals surface area contributed by atoms with Gasteiger partial charge in [-0.2, -0.15) is 5.26 Å². The first-order valence-corrected chi connectivity index (χ1v) is 8.09. The summed E-state index contributed by atoms with van der Waals surface area (Å²) in [4.78, 5) is 16.2. The van der Waals surface area contributed by atoms with Crippen LogP contribution in [0, 0.1) is 28.1 Å². The molecule has 0 saturated carbocycles. The predicted molar refractivity (Wildman–Crippen MR) is 96.0 cm³/mol. The molecule has 1 saturated heterocycles. The van der Waals surface area contributed by atoms with Gasteiger partial charge in [-0.05, 0) is 47.7 Å². The maximum Gasteiger partial charge on any atom is 0.304 e. The van der Waals surface area contributed by atoms with Gasteiger partial charge in [0, 0.05) is 18.4 Å². The second-order valence-electron chi connectivity index (χ2n) is 5.74. The number of aromatic nitrogens is 1. The summed E-state index contributed by atoms with van der Waals surface area (Å²) >= 11 is 0. The highest BCUT2D eigenvalue weighted by Gasteiger charge is 2.24. The zero-order chi connectivity index (χ0) is 17.5. The van der Waals surface area contributed by atoms with Gasteiger partial charge in [0.1, 0.15) is 0 Å². The lowest BCUT2D eigenvalue weighted by molar-refractivity contribution is -0.363. The number of nitrogens with zero attached hydrogens (tertiary/aromatic N) is 3. The summed E-state index contributed by atoms with van der Waals surface area (Å²) < 4.78 is 0. The van der Waals surface area contributed by atoms with Crippen molar-refractivity contribution in [2.24, 2.45) is 5.18 Å². The highest BCUT2D eigenvalue weighted by Crippen LogP contribution is 2.26. The monoisotopic (exact) mass is 329 g/mol. The van der Waals surface area contributed by atoms with E-state index in [9.17, 15) is 4.91 Å². The highest BCUT2D eigenvalue weighted by molar-refractivity contribution is 5.58. The number of rotatable bonds is 2. The molecular formula is C20H17N4O+. The van der Waals surface area contributed by atoms with E-state index in [1.165, 1.54) is 5.57 Å². The molecule has 122 valence electrons. The normalized spacial score (nSPS) is 13.4. The number of nitroso groups, excluding NO2 is 1. The van der Waals surface area contributed by atoms with Gasteiger partial charge in [0.25, 0.3) is 0 Å². The molecule has 0 atom stereocenters. The molecule has 0 aliphatic carbocycles. The Morgan fingerprint density at radius 3 is 2.52 bits per heavy atom. The van der Waals surface area contributed by atoms with Crippen LogP contribution in [0.5, 0.6) is 0 Å². The van der Waals surface area contributed by atoms with Gasteiger partial charge in [0.2, 0.25) is 0 Å². The molecule has 1 fully saturated rings. The van der Waals surface area contributed by atoms with Crippen molar-refractivity contribution in [2.75, 3.05) is 18.0 Å². The molecule has 0 spiro atoms. The molecule has 1 aromatic heterocycles. The van der Waals surface area contributed by atoms with E-state index in [2.05, 4.69) is 33.0 Å². The number of hydrogen-bond acceptors (Lipinski definition) is 4. The van der Waals surface area contributed by atoms with Crippen LogP contribution in [0.3, 0.4) is 0 Å². The number of piperidine rings is 1. The lowest BCUT2D eigenvalue weighted by Gasteiger charge is -2.23. The molecule has 1 aromatic carbocycles. The van der Waals surface area contributed by atoms with E-state index in [1.54, 1.807) is 30.5 Å². The van der Waals surface area contributed by atoms with Crippen LogP contribution >= 0.6 is 0 Å². The number of nitrogens with one attached hydrogen (secondary N) is 1. The fourth-order valence-corrected chi connectivity index (χ4v) is 2.76. The third-order valence-electron chi connectivity index (χ3n) is 4.14. The number of allylic oxidation sites excluding steroid dienone is 1. The van der Waals surface area contributed by atoms with Crippen LogP contribution in [0.4, 0.5) is 11.5 Å². The molecule has 0 unspecified atom stereocenters. The molecule has 1 aliphatic rings. The minimum Gasteiger partial charge on any atom is -0.259 e. The molecule has 3 rings (SSSR count). The predicted octanol–water partition coefficient (Wildman–Crippen LogP) is 3.35. The summed E-state index contributed by atoms with van der Waals surface area (Å²) in [6.45, 7) is 1.65. The lowest BCUT2D eigenvalue weighted by atomic mass is 10.0. The first kappa shape index (κ1) is 16.4. The van der Waals surface area contributed by atoms with Crippen molar-refractivity contribution in [3.63, 3.8) is 0 Å². The van der Waals surface area contributed by atoms with Crippen molar-refractivity contribution in [3.05, 3.63) is 70.3 Å². The third kappa shape index (κ3) is 4.10. The second-order valence-corrected chi connectivity index (χ2v) is 5.74. The van der Waals surface area contributed by atoms with Gasteiger partial charge in [-0.1, -0.05) is 17.4 Å². The molecule has 5 nitrogen and oxygen atoms in total. The fourth-order valence-electron chi connectivity index (χ4n) is 2.76. The van der Waals surface area contributed by atoms with E-state index >= 15 is 0 Å². The van der Waals surface area contributed by atoms with Gasteiger partial charge >= 0.3 is 5.82 Å². The molecular weight excluding hydrogens is 312 g/mol. The van der Waals surface area contributed by atoms with Crippen LogP contribution in [0.15, 0.2) is 59.4 Å². The average molecular weight is 329 g/mol. The number of aromatic amines is 1. The first-order chi connectivity index (χ1) is 12.3. The number of anilines is 1. The Morgan fingerprint density at radius 1 is 1.12 bits per heavy atom. The van der Waals surface area contributed by atoms with Crippen LogP contribution in [-0.4, -0.2) is 13.1 Å². The zero-order valence-electron chi connectivity index (χ0n) is 13.7. The van der Waals surface area contributed by atoms with Crippen LogP contribution in [0.25, 0.3) is 0 Å². The summed E-state index contributed by atoms with van der Waals surface area (Å²) in [6, 6.07) is 12.8. The summed E-state index contributed by atoms with van der Waals surface area (Å²) in [5.74, 6) is 6.97. The smallest absolute Gasteiger partial charge is 0.259 e. The average Bonchev–Trinajstić information content (AvgIpc) is 2.69. The SMILES string of the molecule is N#Cc1ccc(C#CC=C2CCN(c3[nH+]cccc3N=O)CC2)cc1. The number of hydrogen-bond donors (Lipinski definition) is 0. The Balaban J connectivity index is 1.62. The summed E-state index contributed by atoms with van der Waals surface area (Å²) in [7, 11) is 0. The first-order valence-electron chi connectivity index (χ1n) is 8.09. The Hall–Kier alpha value is -3.44. The number of pyridine rings is 1. The molecule has 0 amide bonds. The molecule has 2 heterocycles. The van der Waals surface area contributed by atoms with Gasteiger partial charge in [-0.3, -0.25) is 4.90 Å². The maximum absolute atomic E-state index is 10.9. The summed E-state index contributed by atoms with van der Waals surface area (Å²) in [5, 5.41) is 11.9. The summed E-state index contributed by atoms with van der Waals surface area (Å²) in [6.07, 6.45) is 5.59. The van der Waals surface area contributed by atoms with Crippen LogP contribution in [0.1, 0.15) is 24.0 Å². The van der Waals surface area contributed by atoms with Crippen molar-refractivity contribution < 1.29 is 4.98 Å². The van der Waals surface area contributed by atoms with E-state index in [4.69, 9.17) is 5.26 Å². The Kier molecular flexibility index (Phi) is 5.19. The van der Waals surface area contributed by atoms with E-state index < -0.39 is 0 Å². The maximum atomic E-state index is 10.9. The highest BCUT2D eigenvalue weighted by atomic mass is 16.3. The van der Waals surface area contributed by atoms with Crippen molar-refractivity contribution in [3.8, 4) is 17.9 Å². The van der Waals surface area contributed by atoms with E-state index in [-0.39, 0.29) is 0 Å². The largest absolute Gasteiger partial charge is 0.304 e. The third-order valence-corrected chi connectivity index (χ3v) is 4.14. The zero-order valence-corrected chi connectivity index (χ0v) is 13.7. The van der Waals surface area contributed by atoms with Gasteiger partial charge < -0.3 is 0 Å². The lowest BCUT2D eigenvalue weighted by Crippen LogP contribution is -2.34. The van der Waals surface area contributed by atoms with Gasteiger partial charge in [-0.25, -0.2) is 4.98 Å². The van der Waals surface area contributed by atoms with Crippen LogP contribution < -0.4 is 9.88 Å². The van der Waals surface area contributed by atoms with Crippen LogP contribution in [-0.2, 0) is 0 Å². The van der Waals surface area contributed by atoms with Crippen molar-refractivity contribution >= 4 is 11.5 Å². The Bertz CT molecular complexity index is 888. The topological polar surface area (TPSA) is 70.6 Å². The van der Waals surface area contributed by atoms with Gasteiger partial charge in [-0.15, -0.1) is 4.91 Å². The number of benzene rings is 1. The minimum absolute atomic E-state index is 0.440. The second kappa shape index (κ2) is 7.90. The minimum atomic E-state index is 0.440. The van der Waals surface area contributed by atoms with Crippen molar-refractivity contribution in [2.45, 2.75) is 12.8 Å². The molecule has 1 N–H and O–H groups in total. The van der Waals surface area contributed by atoms with Crippen molar-refractivity contribution in [1.82, 2.24) is 0 Å². The summed E-state index contributed by atoms with van der Waals surface area (Å²) in [5.41, 5.74) is 3.27. The Labute approximate surface area is 146 Å². The quantitative estimate of drug-likeness (QED) is 0.626. The molecule has 0 bridgehead atoms. The molecule has 5 heteroatoms. The Morgan fingerprint density at radius 2 is 1.84 bits per heavy atom. The van der Waals surface area contributed by atoms with Gasteiger partial charge in [0.15, 0.2) is 5.69 Å². The van der Waals surface area contributed by atoms with Gasteiger partial charge in [0.05, 0.1) is 30.9 Å². The van der Waals surface area contributed by atoms with Crippen LogP contribution in [0.2, 0.25) is 0 Å². The number of H-pyrrole nitrogens is 1. The van der Waals surface area contributed by atoms with E-state index in [0.717, 1.165) is 37.3 Å². The standard InChI is InChI=1S/C20H16N4O/c21-15-18-8-6-16(7-9-18)3-1-4-17-10-13-24(14-11-17)20-19(23-25)5-2-12-22-20/h2,4-9,12H,10-11,13-14H2/p+1. The number of nitriles is 1. The van der Waals surface area contributed by atoms with E-state index in [0.29, 0.717) is 11.3 Å². The molecule has 2 aromatic rings. The fraction of sp³-hybridized carbons (Fsp3) is 0.200. The van der Waals surface area contributed by atoms with E-state index in [1.807, 2.05) is 18.2 Å².